The number of benzene rings is 1. The molecule has 0 amide bonds. The van der Waals surface area contributed by atoms with Crippen LogP contribution in [0.3, 0.4) is 0 Å². The number of phenols is 1. The summed E-state index contributed by atoms with van der Waals surface area (Å²) in [5.74, 6) is 0.277. The molecule has 0 saturated heterocycles. The van der Waals surface area contributed by atoms with Crippen molar-refractivity contribution in [3.8, 4) is 11.5 Å². The smallest absolute Gasteiger partial charge is 0.341 e. The molecular weight excluding hydrogens is 212 g/mol. The van der Waals surface area contributed by atoms with Gasteiger partial charge in [-0.05, 0) is 12.1 Å². The largest absolute Gasteiger partial charge is 0.508 e. The minimum Gasteiger partial charge on any atom is -0.508 e. The molecule has 2 aromatic rings. The van der Waals surface area contributed by atoms with Gasteiger partial charge < -0.3 is 19.4 Å². The van der Waals surface area contributed by atoms with E-state index >= 15 is 0 Å². The van der Waals surface area contributed by atoms with Gasteiger partial charge in [-0.2, -0.15) is 0 Å². The van der Waals surface area contributed by atoms with Crippen molar-refractivity contribution in [2.24, 2.45) is 0 Å². The molecule has 0 fully saturated rings. The van der Waals surface area contributed by atoms with Crippen molar-refractivity contribution in [3.05, 3.63) is 34.2 Å². The molecule has 0 radical (unpaired) electrons. The van der Waals surface area contributed by atoms with Gasteiger partial charge in [0.25, 0.3) is 0 Å². The second-order valence-electron chi connectivity index (χ2n) is 3.28. The van der Waals surface area contributed by atoms with Gasteiger partial charge in [0.2, 0.25) is 0 Å². The highest BCUT2D eigenvalue weighted by molar-refractivity contribution is 5.84. The number of fused-ring (bicyclic) bond motifs is 1. The molecule has 0 spiro atoms. The van der Waals surface area contributed by atoms with Crippen LogP contribution in [0.15, 0.2) is 27.4 Å². The van der Waals surface area contributed by atoms with Crippen molar-refractivity contribution in [3.63, 3.8) is 0 Å². The molecule has 84 valence electrons. The fraction of sp³-hybridized carbons (Fsp3) is 0.182. The highest BCUT2D eigenvalue weighted by atomic mass is 16.5. The number of hydrogen-bond acceptors (Lipinski definition) is 5. The molecule has 0 saturated carbocycles. The monoisotopic (exact) mass is 222 g/mol. The Morgan fingerprint density at radius 3 is 2.75 bits per heavy atom. The maximum atomic E-state index is 11.4. The lowest BCUT2D eigenvalue weighted by molar-refractivity contribution is 0.276. The van der Waals surface area contributed by atoms with Gasteiger partial charge >= 0.3 is 5.63 Å². The van der Waals surface area contributed by atoms with Crippen molar-refractivity contribution in [2.75, 3.05) is 7.11 Å². The number of ether oxygens (including phenoxy) is 1. The molecule has 1 aromatic heterocycles. The number of methoxy groups -OCH3 is 1. The molecule has 0 bridgehead atoms. The molecule has 5 heteroatoms. The van der Waals surface area contributed by atoms with Crippen LogP contribution in [0.2, 0.25) is 0 Å². The Hall–Kier alpha value is -2.01. The van der Waals surface area contributed by atoms with Crippen LogP contribution >= 0.6 is 0 Å². The van der Waals surface area contributed by atoms with Gasteiger partial charge in [-0.25, -0.2) is 4.79 Å². The highest BCUT2D eigenvalue weighted by Crippen LogP contribution is 2.29. The Labute approximate surface area is 90.5 Å². The molecule has 2 rings (SSSR count). The predicted molar refractivity (Wildman–Crippen MR) is 56.6 cm³/mol. The van der Waals surface area contributed by atoms with Crippen LogP contribution in [-0.2, 0) is 6.61 Å². The first-order valence-corrected chi connectivity index (χ1v) is 4.60. The average molecular weight is 222 g/mol. The molecule has 0 atom stereocenters. The summed E-state index contributed by atoms with van der Waals surface area (Å²) in [6.07, 6.45) is 0. The van der Waals surface area contributed by atoms with Gasteiger partial charge in [0.1, 0.15) is 5.75 Å². The third kappa shape index (κ3) is 1.61. The van der Waals surface area contributed by atoms with E-state index in [4.69, 9.17) is 14.3 Å². The van der Waals surface area contributed by atoms with Gasteiger partial charge in [0.15, 0.2) is 11.3 Å². The van der Waals surface area contributed by atoms with Gasteiger partial charge in [-0.1, -0.05) is 0 Å². The summed E-state index contributed by atoms with van der Waals surface area (Å²) < 4.78 is 9.99. The topological polar surface area (TPSA) is 79.9 Å². The average Bonchev–Trinajstić information content (AvgIpc) is 2.28. The van der Waals surface area contributed by atoms with E-state index < -0.39 is 12.2 Å². The first kappa shape index (κ1) is 10.5. The van der Waals surface area contributed by atoms with Gasteiger partial charge in [-0.15, -0.1) is 0 Å². The molecule has 0 aliphatic rings. The number of aliphatic hydroxyl groups excluding tert-OH is 1. The third-order valence-corrected chi connectivity index (χ3v) is 2.25. The van der Waals surface area contributed by atoms with E-state index in [2.05, 4.69) is 0 Å². The Morgan fingerprint density at radius 1 is 1.38 bits per heavy atom. The quantitative estimate of drug-likeness (QED) is 0.741. The Kier molecular flexibility index (Phi) is 2.54. The first-order chi connectivity index (χ1) is 7.65. The number of aliphatic hydroxyl groups is 1. The normalized spacial score (nSPS) is 10.6. The number of rotatable bonds is 2. The van der Waals surface area contributed by atoms with E-state index in [1.807, 2.05) is 0 Å². The lowest BCUT2D eigenvalue weighted by Gasteiger charge is -2.05. The van der Waals surface area contributed by atoms with Crippen molar-refractivity contribution < 1.29 is 19.4 Å². The van der Waals surface area contributed by atoms with Crippen LogP contribution in [0.1, 0.15) is 5.56 Å². The summed E-state index contributed by atoms with van der Waals surface area (Å²) in [4.78, 5) is 11.4. The highest BCUT2D eigenvalue weighted by Gasteiger charge is 2.10. The lowest BCUT2D eigenvalue weighted by Crippen LogP contribution is -2.06. The third-order valence-electron chi connectivity index (χ3n) is 2.25. The van der Waals surface area contributed by atoms with Crippen LogP contribution in [-0.4, -0.2) is 17.3 Å². The van der Waals surface area contributed by atoms with Crippen LogP contribution < -0.4 is 10.4 Å². The zero-order valence-corrected chi connectivity index (χ0v) is 8.56. The van der Waals surface area contributed by atoms with Gasteiger partial charge in [-0.3, -0.25) is 0 Å². The summed E-state index contributed by atoms with van der Waals surface area (Å²) in [6.45, 7) is -0.407. The Bertz CT molecular complexity index is 585. The van der Waals surface area contributed by atoms with Crippen molar-refractivity contribution >= 4 is 11.0 Å². The van der Waals surface area contributed by atoms with Crippen molar-refractivity contribution in [1.82, 2.24) is 0 Å². The van der Waals surface area contributed by atoms with Crippen molar-refractivity contribution in [1.29, 1.82) is 0 Å². The van der Waals surface area contributed by atoms with E-state index in [0.29, 0.717) is 5.39 Å². The number of aromatic hydroxyl groups is 1. The molecule has 1 aromatic carbocycles. The van der Waals surface area contributed by atoms with E-state index in [9.17, 15) is 9.90 Å². The first-order valence-electron chi connectivity index (χ1n) is 4.60. The second kappa shape index (κ2) is 3.86. The van der Waals surface area contributed by atoms with E-state index in [-0.39, 0.29) is 22.6 Å². The maximum Gasteiger partial charge on any atom is 0.341 e. The van der Waals surface area contributed by atoms with E-state index in [0.717, 1.165) is 0 Å². The zero-order chi connectivity index (χ0) is 11.7. The number of hydrogen-bond donors (Lipinski definition) is 2. The summed E-state index contributed by atoms with van der Waals surface area (Å²) in [7, 11) is 1.41. The SMILES string of the molecule is COc1cc(O)cc2cc(CO)c(=O)oc12. The molecule has 0 aliphatic heterocycles. The second-order valence-corrected chi connectivity index (χ2v) is 3.28. The zero-order valence-electron chi connectivity index (χ0n) is 8.56. The summed E-state index contributed by atoms with van der Waals surface area (Å²) >= 11 is 0. The van der Waals surface area contributed by atoms with E-state index in [1.165, 1.54) is 25.3 Å². The minimum absolute atomic E-state index is 0.00193. The fourth-order valence-corrected chi connectivity index (χ4v) is 1.49. The summed E-state index contributed by atoms with van der Waals surface area (Å²) in [5.41, 5.74) is -0.221. The molecule has 2 N–H and O–H groups in total. The minimum atomic E-state index is -0.612. The molecule has 1 heterocycles. The summed E-state index contributed by atoms with van der Waals surface area (Å²) in [5, 5.41) is 18.8. The predicted octanol–water partition coefficient (Wildman–Crippen LogP) is 0.999. The van der Waals surface area contributed by atoms with Crippen molar-refractivity contribution in [2.45, 2.75) is 6.61 Å². The molecule has 0 unspecified atom stereocenters. The van der Waals surface area contributed by atoms with Crippen LogP contribution in [0.4, 0.5) is 0 Å². The van der Waals surface area contributed by atoms with Crippen LogP contribution in [0.5, 0.6) is 11.5 Å². The Balaban J connectivity index is 2.84. The molecular formula is C11H10O5. The van der Waals surface area contributed by atoms with Crippen LogP contribution in [0, 0.1) is 0 Å². The Morgan fingerprint density at radius 2 is 2.12 bits per heavy atom. The van der Waals surface area contributed by atoms with Crippen LogP contribution in [0.25, 0.3) is 11.0 Å². The summed E-state index contributed by atoms with van der Waals surface area (Å²) in [6, 6.07) is 4.24. The maximum absolute atomic E-state index is 11.4. The standard InChI is InChI=1S/C11H10O5/c1-15-9-4-8(13)3-6-2-7(5-12)11(14)16-10(6)9/h2-4,12-13H,5H2,1H3. The molecule has 5 nitrogen and oxygen atoms in total. The lowest BCUT2D eigenvalue weighted by atomic mass is 10.1. The molecule has 0 aliphatic carbocycles. The van der Waals surface area contributed by atoms with Gasteiger partial charge in [0.05, 0.1) is 19.3 Å². The van der Waals surface area contributed by atoms with Gasteiger partial charge in [0, 0.05) is 11.5 Å². The molecule has 16 heavy (non-hydrogen) atoms. The number of phenolic OH excluding ortho intramolecular Hbond substituents is 1. The fourth-order valence-electron chi connectivity index (χ4n) is 1.49. The van der Waals surface area contributed by atoms with E-state index in [1.54, 1.807) is 0 Å².